The van der Waals surface area contributed by atoms with Gasteiger partial charge in [0.1, 0.15) is 0 Å². The Morgan fingerprint density at radius 2 is 1.71 bits per heavy atom. The topological polar surface area (TPSA) is 18.5 Å². The lowest BCUT2D eigenvalue weighted by Gasteiger charge is -2.50. The van der Waals surface area contributed by atoms with E-state index in [0.29, 0.717) is 0 Å². The molecule has 2 nitrogen and oxygen atoms in total. The van der Waals surface area contributed by atoms with Crippen molar-refractivity contribution in [3.8, 4) is 0 Å². The average Bonchev–Trinajstić information content (AvgIpc) is 1.27. The molecule has 0 aromatic rings. The molecule has 0 aliphatic carbocycles. The van der Waals surface area contributed by atoms with Crippen LogP contribution >= 0.6 is 0 Å². The zero-order chi connectivity index (χ0) is 5.49. The molecule has 1 saturated heterocycles. The van der Waals surface area contributed by atoms with Crippen LogP contribution in [0.25, 0.3) is 0 Å². The fourth-order valence-electron chi connectivity index (χ4n) is 0.933. The summed E-state index contributed by atoms with van der Waals surface area (Å²) in [6, 6.07) is 0. The molecule has 1 heterocycles. The highest BCUT2D eigenvalue weighted by Gasteiger charge is 2.34. The van der Waals surface area contributed by atoms with Gasteiger partial charge in [-0.25, -0.2) is 0 Å². The standard InChI is InChI=1S/C2H4O2.2CH3.Al/c1-2(3)4;;;/h2H,1H3;2*1H3;/q-2;;;+1. The van der Waals surface area contributed by atoms with Crippen LogP contribution in [-0.4, -0.2) is 20.0 Å². The molecular weight excluding hydrogens is 107 g/mol. The molecule has 1 rings (SSSR count). The summed E-state index contributed by atoms with van der Waals surface area (Å²) in [4.78, 5) is 0. The lowest BCUT2D eigenvalue weighted by molar-refractivity contribution is -0.113. The van der Waals surface area contributed by atoms with E-state index in [1.165, 1.54) is 0 Å². The third kappa shape index (κ3) is 1.17. The molecule has 0 N–H and O–H groups in total. The third-order valence-electron chi connectivity index (χ3n) is 1.04. The molecule has 0 atom stereocenters. The lowest BCUT2D eigenvalue weighted by atomic mass is 10.8. The van der Waals surface area contributed by atoms with E-state index in [1.54, 1.807) is 0 Å². The Morgan fingerprint density at radius 1 is 1.29 bits per heavy atom. The highest BCUT2D eigenvalue weighted by Crippen LogP contribution is 2.22. The van der Waals surface area contributed by atoms with Crippen molar-refractivity contribution >= 4 is 13.7 Å². The van der Waals surface area contributed by atoms with Gasteiger partial charge in [-0.15, -0.1) is 0 Å². The SMILES string of the molecule is CC1[O][Al-]([CH3])([CH3])[O]1. The molecule has 0 aromatic carbocycles. The minimum absolute atomic E-state index is 0.0833. The molecule has 7 heavy (non-hydrogen) atoms. The molecule has 1 aliphatic rings. The van der Waals surface area contributed by atoms with Crippen LogP contribution in [0.1, 0.15) is 6.92 Å². The van der Waals surface area contributed by atoms with E-state index in [4.69, 9.17) is 7.58 Å². The van der Waals surface area contributed by atoms with Crippen LogP contribution in [0, 0.1) is 0 Å². The van der Waals surface area contributed by atoms with Gasteiger partial charge in [0.05, 0.1) is 0 Å². The Hall–Kier alpha value is 0.452. The van der Waals surface area contributed by atoms with Crippen LogP contribution < -0.4 is 0 Å². The fraction of sp³-hybridized carbons (Fsp3) is 1.00. The molecule has 1 aliphatic heterocycles. The first-order valence-electron chi connectivity index (χ1n) is 2.67. The zero-order valence-corrected chi connectivity index (χ0v) is 6.13. The van der Waals surface area contributed by atoms with Crippen molar-refractivity contribution in [3.05, 3.63) is 0 Å². The Balaban J connectivity index is 2.29. The lowest BCUT2D eigenvalue weighted by Crippen LogP contribution is -2.52. The summed E-state index contributed by atoms with van der Waals surface area (Å²) in [5.74, 6) is 4.12. The Labute approximate surface area is 46.8 Å². The molecule has 0 aromatic heterocycles. The predicted molar refractivity (Wildman–Crippen MR) is 29.1 cm³/mol. The van der Waals surface area contributed by atoms with E-state index in [0.717, 1.165) is 0 Å². The Morgan fingerprint density at radius 3 is 1.71 bits per heavy atom. The average molecular weight is 117 g/mol. The van der Waals surface area contributed by atoms with Crippen molar-refractivity contribution in [2.24, 2.45) is 0 Å². The summed E-state index contributed by atoms with van der Waals surface area (Å²) in [7, 11) is 0. The zero-order valence-electron chi connectivity index (χ0n) is 4.97. The summed E-state index contributed by atoms with van der Waals surface area (Å²) in [5, 5.41) is 0. The van der Waals surface area contributed by atoms with E-state index in [9.17, 15) is 0 Å². The molecule has 0 radical (unpaired) electrons. The van der Waals surface area contributed by atoms with Gasteiger partial charge in [0.25, 0.3) is 0 Å². The maximum atomic E-state index is 5.27. The highest BCUT2D eigenvalue weighted by atomic mass is 27.3. The molecule has 0 spiro atoms. The van der Waals surface area contributed by atoms with Crippen LogP contribution in [0.4, 0.5) is 0 Å². The van der Waals surface area contributed by atoms with E-state index in [2.05, 4.69) is 11.6 Å². The second-order valence-electron chi connectivity index (χ2n) is 2.46. The van der Waals surface area contributed by atoms with Gasteiger partial charge in [-0.2, -0.15) is 11.6 Å². The molecule has 1 fully saturated rings. The molecule has 42 valence electrons. The minimum Gasteiger partial charge on any atom is -0.617 e. The van der Waals surface area contributed by atoms with E-state index in [1.807, 2.05) is 6.92 Å². The first-order chi connectivity index (χ1) is 3.10. The predicted octanol–water partition coefficient (Wildman–Crippen LogP) is 1.08. The van der Waals surface area contributed by atoms with E-state index < -0.39 is 13.7 Å². The van der Waals surface area contributed by atoms with Crippen LogP contribution in [0.3, 0.4) is 0 Å². The summed E-state index contributed by atoms with van der Waals surface area (Å²) >= 11 is -1.76. The summed E-state index contributed by atoms with van der Waals surface area (Å²) in [5.41, 5.74) is 0. The monoisotopic (exact) mass is 117 g/mol. The molecular formula is C4H10AlO2-. The minimum atomic E-state index is -1.76. The second-order valence-corrected chi connectivity index (χ2v) is 6.23. The first-order valence-corrected chi connectivity index (χ1v) is 5.93. The van der Waals surface area contributed by atoms with Crippen LogP contribution in [0.15, 0.2) is 0 Å². The highest BCUT2D eigenvalue weighted by molar-refractivity contribution is 6.66. The molecule has 0 unspecified atom stereocenters. The van der Waals surface area contributed by atoms with Crippen LogP contribution in [0.5, 0.6) is 0 Å². The summed E-state index contributed by atoms with van der Waals surface area (Å²) in [6.45, 7) is 1.92. The number of hydrogen-bond acceptors (Lipinski definition) is 2. The number of rotatable bonds is 0. The number of hydrogen-bond donors (Lipinski definition) is 0. The fourth-order valence-corrected chi connectivity index (χ4v) is 2.80. The van der Waals surface area contributed by atoms with E-state index >= 15 is 0 Å². The van der Waals surface area contributed by atoms with Crippen molar-refractivity contribution in [2.75, 3.05) is 0 Å². The van der Waals surface area contributed by atoms with Crippen molar-refractivity contribution in [1.82, 2.24) is 0 Å². The van der Waals surface area contributed by atoms with Crippen molar-refractivity contribution in [3.63, 3.8) is 0 Å². The third-order valence-corrected chi connectivity index (χ3v) is 3.12. The maximum Gasteiger partial charge on any atom is 0.474 e. The van der Waals surface area contributed by atoms with Crippen molar-refractivity contribution in [2.45, 2.75) is 24.8 Å². The molecule has 0 bridgehead atoms. The van der Waals surface area contributed by atoms with Crippen LogP contribution in [0.2, 0.25) is 11.6 Å². The largest absolute Gasteiger partial charge is 0.617 e. The van der Waals surface area contributed by atoms with Crippen molar-refractivity contribution in [1.29, 1.82) is 0 Å². The van der Waals surface area contributed by atoms with Gasteiger partial charge in [0, 0.05) is 6.29 Å². The summed E-state index contributed by atoms with van der Waals surface area (Å²) in [6.07, 6.45) is 0.0833. The van der Waals surface area contributed by atoms with Gasteiger partial charge < -0.3 is 7.58 Å². The van der Waals surface area contributed by atoms with Gasteiger partial charge in [0.15, 0.2) is 0 Å². The van der Waals surface area contributed by atoms with E-state index in [-0.39, 0.29) is 6.29 Å². The van der Waals surface area contributed by atoms with Gasteiger partial charge in [0.2, 0.25) is 0 Å². The molecule has 0 amide bonds. The Kier molecular flexibility index (Phi) is 1.17. The molecule has 0 saturated carbocycles. The van der Waals surface area contributed by atoms with Crippen LogP contribution in [-0.2, 0) is 7.58 Å². The van der Waals surface area contributed by atoms with Gasteiger partial charge in [-0.05, 0) is 6.92 Å². The van der Waals surface area contributed by atoms with Gasteiger partial charge >= 0.3 is 13.7 Å². The second kappa shape index (κ2) is 1.46. The first kappa shape index (κ1) is 5.59. The van der Waals surface area contributed by atoms with Gasteiger partial charge in [-0.1, -0.05) is 0 Å². The van der Waals surface area contributed by atoms with Crippen molar-refractivity contribution < 1.29 is 7.58 Å². The normalized spacial score (nSPS) is 29.6. The molecule has 3 heteroatoms. The smallest absolute Gasteiger partial charge is 0.474 e. The quantitative estimate of drug-likeness (QED) is 0.442. The Bertz CT molecular complexity index is 73.8. The maximum absolute atomic E-state index is 5.27. The summed E-state index contributed by atoms with van der Waals surface area (Å²) < 4.78 is 10.5. The van der Waals surface area contributed by atoms with Gasteiger partial charge in [-0.3, -0.25) is 0 Å².